The fourth-order valence-electron chi connectivity index (χ4n) is 3.77. The van der Waals surface area contributed by atoms with E-state index >= 15 is 0 Å². The number of sulfonamides is 1. The molecule has 180 valence electrons. The molecule has 0 amide bonds. The summed E-state index contributed by atoms with van der Waals surface area (Å²) >= 11 is 0. The number of ether oxygens (including phenoxy) is 2. The van der Waals surface area contributed by atoms with E-state index in [1.165, 1.54) is 28.6 Å². The predicted octanol–water partition coefficient (Wildman–Crippen LogP) is 2.43. The number of anilines is 1. The maximum Gasteiger partial charge on any atom is 0.342 e. The average Bonchev–Trinajstić information content (AvgIpc) is 3.46. The molecule has 11 nitrogen and oxygen atoms in total. The lowest BCUT2D eigenvalue weighted by atomic mass is 10.2. The van der Waals surface area contributed by atoms with E-state index in [4.69, 9.17) is 19.6 Å². The molecule has 3 heterocycles. The molecule has 1 aliphatic heterocycles. The number of benzene rings is 1. The third-order valence-electron chi connectivity index (χ3n) is 5.39. The Morgan fingerprint density at radius 2 is 1.88 bits per heavy atom. The van der Waals surface area contributed by atoms with E-state index in [1.807, 2.05) is 0 Å². The number of hydrogen-bond acceptors (Lipinski definition) is 10. The second-order valence-corrected chi connectivity index (χ2v) is 9.61. The minimum Gasteiger partial charge on any atom is -0.462 e. The van der Waals surface area contributed by atoms with Crippen LogP contribution in [0.4, 0.5) is 5.82 Å². The van der Waals surface area contributed by atoms with Crippen LogP contribution in [-0.4, -0.2) is 54.3 Å². The quantitative estimate of drug-likeness (QED) is 0.490. The van der Waals surface area contributed by atoms with Crippen molar-refractivity contribution >= 4 is 38.9 Å². The number of esters is 2. The fraction of sp³-hybridized carbons (Fsp3) is 0.364. The Balaban J connectivity index is 1.52. The third-order valence-corrected chi connectivity index (χ3v) is 7.28. The molecular weight excluding hydrogens is 464 g/mol. The normalized spacial score (nSPS) is 14.4. The lowest BCUT2D eigenvalue weighted by Crippen LogP contribution is -2.28. The first kappa shape index (κ1) is 23.6. The summed E-state index contributed by atoms with van der Waals surface area (Å²) in [4.78, 5) is 33.1. The first-order chi connectivity index (χ1) is 16.2. The molecule has 1 saturated heterocycles. The Hall–Kier alpha value is -3.51. The number of rotatable bonds is 7. The number of nitrogens with two attached hydrogens (primary N) is 1. The molecule has 0 radical (unpaired) electrons. The van der Waals surface area contributed by atoms with Gasteiger partial charge in [0.2, 0.25) is 15.7 Å². The van der Waals surface area contributed by atoms with Crippen molar-refractivity contribution in [2.24, 2.45) is 0 Å². The van der Waals surface area contributed by atoms with Gasteiger partial charge in [-0.05, 0) is 44.9 Å². The molecule has 0 spiro atoms. The third kappa shape index (κ3) is 4.46. The highest BCUT2D eigenvalue weighted by Crippen LogP contribution is 2.29. The Bertz CT molecular complexity index is 1360. The van der Waals surface area contributed by atoms with E-state index in [0.717, 1.165) is 12.8 Å². The van der Waals surface area contributed by atoms with Crippen molar-refractivity contribution in [2.75, 3.05) is 25.4 Å². The summed E-state index contributed by atoms with van der Waals surface area (Å²) in [5, 5.41) is 0.228. The summed E-state index contributed by atoms with van der Waals surface area (Å²) in [5.41, 5.74) is 6.31. The van der Waals surface area contributed by atoms with Crippen molar-refractivity contribution in [3.63, 3.8) is 0 Å². The zero-order valence-corrected chi connectivity index (χ0v) is 19.6. The van der Waals surface area contributed by atoms with Crippen LogP contribution in [0.2, 0.25) is 0 Å². The van der Waals surface area contributed by atoms with Gasteiger partial charge in [-0.15, -0.1) is 0 Å². The number of aromatic nitrogens is 2. The van der Waals surface area contributed by atoms with E-state index < -0.39 is 22.0 Å². The van der Waals surface area contributed by atoms with Gasteiger partial charge in [0.1, 0.15) is 17.1 Å². The Labute approximate surface area is 195 Å². The van der Waals surface area contributed by atoms with Gasteiger partial charge in [0.05, 0.1) is 22.5 Å². The van der Waals surface area contributed by atoms with Crippen LogP contribution in [0.1, 0.15) is 52.1 Å². The number of fused-ring (bicyclic) bond motifs is 1. The topological polar surface area (TPSA) is 155 Å². The summed E-state index contributed by atoms with van der Waals surface area (Å²) in [6.45, 7) is 4.02. The zero-order valence-electron chi connectivity index (χ0n) is 18.7. The van der Waals surface area contributed by atoms with Gasteiger partial charge in [-0.3, -0.25) is 0 Å². The monoisotopic (exact) mass is 488 g/mol. The molecule has 1 aromatic carbocycles. The van der Waals surface area contributed by atoms with E-state index in [0.29, 0.717) is 13.1 Å². The van der Waals surface area contributed by atoms with Crippen molar-refractivity contribution in [1.82, 2.24) is 14.3 Å². The van der Waals surface area contributed by atoms with E-state index in [9.17, 15) is 18.0 Å². The van der Waals surface area contributed by atoms with Crippen LogP contribution in [0.25, 0.3) is 11.1 Å². The molecule has 12 heteroatoms. The van der Waals surface area contributed by atoms with Gasteiger partial charge >= 0.3 is 11.9 Å². The summed E-state index contributed by atoms with van der Waals surface area (Å²) in [6, 6.07) is 5.69. The fourth-order valence-corrected chi connectivity index (χ4v) is 5.34. The number of hydrogen-bond donors (Lipinski definition) is 1. The Morgan fingerprint density at radius 3 is 2.59 bits per heavy atom. The Kier molecular flexibility index (Phi) is 6.53. The number of carbonyl (C=O) groups is 2. The molecule has 4 rings (SSSR count). The number of nitrogens with zero attached hydrogens (tertiary/aromatic N) is 3. The molecule has 0 aliphatic carbocycles. The molecule has 0 saturated carbocycles. The second kappa shape index (κ2) is 9.39. The second-order valence-electron chi connectivity index (χ2n) is 7.67. The van der Waals surface area contributed by atoms with Gasteiger partial charge in [0.15, 0.2) is 12.4 Å². The molecule has 0 bridgehead atoms. The summed E-state index contributed by atoms with van der Waals surface area (Å²) in [5.74, 6) is -1.03. The number of nitrogen functional groups attached to an aromatic ring is 1. The molecule has 0 atom stereocenters. The molecule has 1 aliphatic rings. The SMILES string of the molecule is CCOC(=O)c1c(C)oc2nc(COC(=O)c3cccc(S(=O)(=O)N4CCCC4)c3)nc(N)c12. The molecule has 2 aromatic heterocycles. The van der Waals surface area contributed by atoms with Crippen LogP contribution in [0.3, 0.4) is 0 Å². The first-order valence-electron chi connectivity index (χ1n) is 10.7. The highest BCUT2D eigenvalue weighted by atomic mass is 32.2. The van der Waals surface area contributed by atoms with Gasteiger partial charge in [-0.2, -0.15) is 9.29 Å². The van der Waals surface area contributed by atoms with Crippen molar-refractivity contribution < 1.29 is 31.9 Å². The van der Waals surface area contributed by atoms with Crippen LogP contribution >= 0.6 is 0 Å². The average molecular weight is 489 g/mol. The van der Waals surface area contributed by atoms with E-state index in [-0.39, 0.29) is 57.7 Å². The number of carbonyl (C=O) groups excluding carboxylic acids is 2. The van der Waals surface area contributed by atoms with Gasteiger partial charge in [-0.25, -0.2) is 23.0 Å². The summed E-state index contributed by atoms with van der Waals surface area (Å²) in [7, 11) is -3.67. The van der Waals surface area contributed by atoms with Crippen molar-refractivity contribution in [3.05, 3.63) is 47.0 Å². The van der Waals surface area contributed by atoms with Gasteiger partial charge in [0, 0.05) is 13.1 Å². The van der Waals surface area contributed by atoms with Crippen LogP contribution in [0.15, 0.2) is 33.6 Å². The molecule has 3 aromatic rings. The lowest BCUT2D eigenvalue weighted by Gasteiger charge is -2.15. The smallest absolute Gasteiger partial charge is 0.342 e. The minimum atomic E-state index is -3.67. The standard InChI is InChI=1S/C22H24N4O7S/c1-3-31-22(28)17-13(2)33-20-18(17)19(23)24-16(25-20)12-32-21(27)14-7-6-8-15(11-14)34(29,30)26-9-4-5-10-26/h6-8,11H,3-5,9-10,12H2,1-2H3,(H2,23,24,25). The maximum absolute atomic E-state index is 12.8. The number of furan rings is 1. The lowest BCUT2D eigenvalue weighted by molar-refractivity contribution is 0.0461. The minimum absolute atomic E-state index is 0.0188. The van der Waals surface area contributed by atoms with E-state index in [2.05, 4.69) is 9.97 Å². The number of aryl methyl sites for hydroxylation is 1. The maximum atomic E-state index is 12.8. The zero-order chi connectivity index (χ0) is 24.5. The Morgan fingerprint density at radius 1 is 1.15 bits per heavy atom. The van der Waals surface area contributed by atoms with Crippen molar-refractivity contribution in [1.29, 1.82) is 0 Å². The summed E-state index contributed by atoms with van der Waals surface area (Å²) in [6.07, 6.45) is 1.62. The van der Waals surface area contributed by atoms with Crippen molar-refractivity contribution in [3.8, 4) is 0 Å². The van der Waals surface area contributed by atoms with E-state index in [1.54, 1.807) is 13.8 Å². The van der Waals surface area contributed by atoms with Crippen LogP contribution in [-0.2, 0) is 26.1 Å². The van der Waals surface area contributed by atoms with Crippen LogP contribution in [0, 0.1) is 6.92 Å². The molecule has 0 unspecified atom stereocenters. The highest BCUT2D eigenvalue weighted by molar-refractivity contribution is 7.89. The highest BCUT2D eigenvalue weighted by Gasteiger charge is 2.28. The van der Waals surface area contributed by atoms with Gasteiger partial charge in [-0.1, -0.05) is 6.07 Å². The first-order valence-corrected chi connectivity index (χ1v) is 12.2. The predicted molar refractivity (Wildman–Crippen MR) is 120 cm³/mol. The van der Waals surface area contributed by atoms with Gasteiger partial charge < -0.3 is 19.6 Å². The van der Waals surface area contributed by atoms with Crippen LogP contribution in [0.5, 0.6) is 0 Å². The molecule has 1 fully saturated rings. The van der Waals surface area contributed by atoms with Gasteiger partial charge in [0.25, 0.3) is 0 Å². The van der Waals surface area contributed by atoms with Crippen LogP contribution < -0.4 is 5.73 Å². The summed E-state index contributed by atoms with van der Waals surface area (Å²) < 4.78 is 42.8. The van der Waals surface area contributed by atoms with Crippen molar-refractivity contribution in [2.45, 2.75) is 38.2 Å². The molecule has 2 N–H and O–H groups in total. The largest absolute Gasteiger partial charge is 0.462 e. The molecule has 34 heavy (non-hydrogen) atoms. The molecular formula is C22H24N4O7S.